The number of hydrogen-bond acceptors (Lipinski definition) is 4. The molecule has 19 heavy (non-hydrogen) atoms. The summed E-state index contributed by atoms with van der Waals surface area (Å²) in [5, 5.41) is 10.2. The summed E-state index contributed by atoms with van der Waals surface area (Å²) in [6.45, 7) is 7.15. The molecule has 3 rings (SSSR count). The Hall–Kier alpha value is -0.650. The number of hydrogen-bond donors (Lipinski definition) is 1. The molecule has 0 aromatic carbocycles. The van der Waals surface area contributed by atoms with E-state index in [1.807, 2.05) is 18.7 Å². The highest BCUT2D eigenvalue weighted by molar-refractivity contribution is 5.78. The molecular formula is C14H24N2O3. The number of carbonyl (C=O) groups is 1. The molecule has 3 fully saturated rings. The molecule has 108 valence electrons. The number of nitrogens with zero attached hydrogens (tertiary/aromatic N) is 2. The number of rotatable bonds is 3. The average Bonchev–Trinajstić information content (AvgIpc) is 3.09. The standard InChI is InChI=1S/C14H24N2O3/c1-10-5-16(6-11(2)19-10)13(17)7-15-8-14(18,9-15)12-3-4-12/h10-12,18H,3-9H2,1-2H3. The van der Waals surface area contributed by atoms with Crippen LogP contribution in [0.2, 0.25) is 0 Å². The maximum atomic E-state index is 12.2. The predicted octanol–water partition coefficient (Wildman–Crippen LogP) is 0.0789. The maximum absolute atomic E-state index is 12.2. The van der Waals surface area contributed by atoms with E-state index in [2.05, 4.69) is 4.90 Å². The molecule has 2 saturated heterocycles. The average molecular weight is 268 g/mol. The number of aliphatic hydroxyl groups is 1. The van der Waals surface area contributed by atoms with Gasteiger partial charge in [-0.25, -0.2) is 0 Å². The number of morpholine rings is 1. The smallest absolute Gasteiger partial charge is 0.236 e. The topological polar surface area (TPSA) is 53.0 Å². The van der Waals surface area contributed by atoms with E-state index in [-0.39, 0.29) is 18.1 Å². The summed E-state index contributed by atoms with van der Waals surface area (Å²) in [6, 6.07) is 0. The molecule has 1 amide bonds. The van der Waals surface area contributed by atoms with Crippen LogP contribution in [0.4, 0.5) is 0 Å². The molecule has 3 aliphatic rings. The van der Waals surface area contributed by atoms with E-state index >= 15 is 0 Å². The minimum atomic E-state index is -0.494. The number of β-amino-alcohol motifs (C(OH)–C–C–N with tert-alkyl or cyclic N) is 1. The van der Waals surface area contributed by atoms with E-state index in [0.717, 1.165) is 12.8 Å². The molecule has 0 aromatic rings. The van der Waals surface area contributed by atoms with Gasteiger partial charge in [-0.3, -0.25) is 9.69 Å². The van der Waals surface area contributed by atoms with E-state index in [0.29, 0.717) is 38.6 Å². The van der Waals surface area contributed by atoms with Gasteiger partial charge in [0.2, 0.25) is 5.91 Å². The first-order chi connectivity index (χ1) is 8.96. The summed E-state index contributed by atoms with van der Waals surface area (Å²) >= 11 is 0. The Kier molecular flexibility index (Phi) is 3.31. The summed E-state index contributed by atoms with van der Waals surface area (Å²) in [4.78, 5) is 16.2. The Morgan fingerprint density at radius 3 is 2.37 bits per heavy atom. The Morgan fingerprint density at radius 1 is 1.26 bits per heavy atom. The third kappa shape index (κ3) is 2.78. The van der Waals surface area contributed by atoms with Crippen molar-refractivity contribution in [3.8, 4) is 0 Å². The van der Waals surface area contributed by atoms with Crippen molar-refractivity contribution in [3.63, 3.8) is 0 Å². The van der Waals surface area contributed by atoms with E-state index in [1.54, 1.807) is 0 Å². The molecule has 2 aliphatic heterocycles. The molecule has 1 saturated carbocycles. The van der Waals surface area contributed by atoms with Crippen molar-refractivity contribution >= 4 is 5.91 Å². The molecule has 1 N–H and O–H groups in total. The molecular weight excluding hydrogens is 244 g/mol. The predicted molar refractivity (Wildman–Crippen MR) is 70.7 cm³/mol. The van der Waals surface area contributed by atoms with Gasteiger partial charge in [0, 0.05) is 26.2 Å². The van der Waals surface area contributed by atoms with Crippen LogP contribution in [-0.2, 0) is 9.53 Å². The van der Waals surface area contributed by atoms with Crippen LogP contribution in [0, 0.1) is 5.92 Å². The van der Waals surface area contributed by atoms with Gasteiger partial charge in [-0.2, -0.15) is 0 Å². The lowest BCUT2D eigenvalue weighted by molar-refractivity contribution is -0.154. The maximum Gasteiger partial charge on any atom is 0.236 e. The zero-order valence-corrected chi connectivity index (χ0v) is 11.8. The van der Waals surface area contributed by atoms with Crippen molar-refractivity contribution in [1.82, 2.24) is 9.80 Å². The number of likely N-dealkylation sites (tertiary alicyclic amines) is 1. The molecule has 2 unspecified atom stereocenters. The van der Waals surface area contributed by atoms with Crippen LogP contribution in [0.3, 0.4) is 0 Å². The fraction of sp³-hybridized carbons (Fsp3) is 0.929. The first-order valence-electron chi connectivity index (χ1n) is 7.34. The molecule has 0 spiro atoms. The number of amides is 1. The van der Waals surface area contributed by atoms with Crippen molar-refractivity contribution in [1.29, 1.82) is 0 Å². The second kappa shape index (κ2) is 4.72. The van der Waals surface area contributed by atoms with Gasteiger partial charge in [-0.05, 0) is 32.6 Å². The molecule has 0 aromatic heterocycles. The Balaban J connectivity index is 1.47. The van der Waals surface area contributed by atoms with Gasteiger partial charge >= 0.3 is 0 Å². The van der Waals surface area contributed by atoms with E-state index in [4.69, 9.17) is 4.74 Å². The van der Waals surface area contributed by atoms with Crippen molar-refractivity contribution in [2.24, 2.45) is 5.92 Å². The summed E-state index contributed by atoms with van der Waals surface area (Å²) in [6.07, 6.45) is 2.54. The Bertz CT molecular complexity index is 354. The van der Waals surface area contributed by atoms with Gasteiger partial charge < -0.3 is 14.7 Å². The lowest BCUT2D eigenvalue weighted by Gasteiger charge is -2.47. The summed E-state index contributed by atoms with van der Waals surface area (Å²) in [5.41, 5.74) is -0.494. The number of carbonyl (C=O) groups excluding carboxylic acids is 1. The van der Waals surface area contributed by atoms with Crippen LogP contribution in [0.1, 0.15) is 26.7 Å². The van der Waals surface area contributed by atoms with E-state index < -0.39 is 5.60 Å². The highest BCUT2D eigenvalue weighted by Gasteiger charge is 2.52. The molecule has 2 atom stereocenters. The first-order valence-corrected chi connectivity index (χ1v) is 7.34. The van der Waals surface area contributed by atoms with Crippen LogP contribution in [0.5, 0.6) is 0 Å². The van der Waals surface area contributed by atoms with E-state index in [1.165, 1.54) is 0 Å². The van der Waals surface area contributed by atoms with Crippen LogP contribution in [0.25, 0.3) is 0 Å². The summed E-state index contributed by atoms with van der Waals surface area (Å²) < 4.78 is 5.64. The zero-order valence-electron chi connectivity index (χ0n) is 11.8. The van der Waals surface area contributed by atoms with Gasteiger partial charge in [0.15, 0.2) is 0 Å². The van der Waals surface area contributed by atoms with Crippen LogP contribution in [-0.4, -0.2) is 71.3 Å². The first kappa shape index (κ1) is 13.3. The van der Waals surface area contributed by atoms with Crippen LogP contribution in [0.15, 0.2) is 0 Å². The van der Waals surface area contributed by atoms with Gasteiger partial charge in [-0.1, -0.05) is 0 Å². The molecule has 5 heteroatoms. The van der Waals surface area contributed by atoms with Crippen molar-refractivity contribution in [3.05, 3.63) is 0 Å². The lowest BCUT2D eigenvalue weighted by Crippen LogP contribution is -2.65. The highest BCUT2D eigenvalue weighted by atomic mass is 16.5. The highest BCUT2D eigenvalue weighted by Crippen LogP contribution is 2.44. The van der Waals surface area contributed by atoms with Crippen molar-refractivity contribution in [2.75, 3.05) is 32.7 Å². The monoisotopic (exact) mass is 268 g/mol. The third-order valence-corrected chi connectivity index (χ3v) is 4.46. The zero-order chi connectivity index (χ0) is 13.6. The molecule has 5 nitrogen and oxygen atoms in total. The van der Waals surface area contributed by atoms with Gasteiger partial charge in [0.25, 0.3) is 0 Å². The van der Waals surface area contributed by atoms with Crippen molar-refractivity contribution in [2.45, 2.75) is 44.5 Å². The third-order valence-electron chi connectivity index (χ3n) is 4.46. The molecule has 0 bridgehead atoms. The normalized spacial score (nSPS) is 35.0. The van der Waals surface area contributed by atoms with Gasteiger partial charge in [-0.15, -0.1) is 0 Å². The minimum absolute atomic E-state index is 0.118. The molecule has 1 aliphatic carbocycles. The van der Waals surface area contributed by atoms with Crippen molar-refractivity contribution < 1.29 is 14.6 Å². The van der Waals surface area contributed by atoms with Crippen LogP contribution >= 0.6 is 0 Å². The quantitative estimate of drug-likeness (QED) is 0.787. The number of ether oxygens (including phenoxy) is 1. The fourth-order valence-corrected chi connectivity index (χ4v) is 3.39. The Labute approximate surface area is 114 Å². The van der Waals surface area contributed by atoms with Gasteiger partial charge in [0.05, 0.1) is 24.4 Å². The largest absolute Gasteiger partial charge is 0.387 e. The van der Waals surface area contributed by atoms with Gasteiger partial charge in [0.1, 0.15) is 0 Å². The summed E-state index contributed by atoms with van der Waals surface area (Å²) in [7, 11) is 0. The van der Waals surface area contributed by atoms with E-state index in [9.17, 15) is 9.90 Å². The summed E-state index contributed by atoms with van der Waals surface area (Å²) in [5.74, 6) is 0.655. The Morgan fingerprint density at radius 2 is 1.84 bits per heavy atom. The van der Waals surface area contributed by atoms with Crippen LogP contribution < -0.4 is 0 Å². The second-order valence-corrected chi connectivity index (χ2v) is 6.58. The molecule has 0 radical (unpaired) electrons. The lowest BCUT2D eigenvalue weighted by atomic mass is 9.89. The SMILES string of the molecule is CC1CN(C(=O)CN2CC(O)(C3CC3)C2)CC(C)O1. The fourth-order valence-electron chi connectivity index (χ4n) is 3.39. The second-order valence-electron chi connectivity index (χ2n) is 6.58. The molecule has 2 heterocycles. The minimum Gasteiger partial charge on any atom is -0.387 e.